The van der Waals surface area contributed by atoms with Crippen LogP contribution in [0, 0.1) is 6.92 Å². The number of hydrogen-bond donors (Lipinski definition) is 1. The second-order valence-electron chi connectivity index (χ2n) is 5.64. The lowest BCUT2D eigenvalue weighted by Crippen LogP contribution is -2.03. The number of halogens is 1. The summed E-state index contributed by atoms with van der Waals surface area (Å²) in [4.78, 5) is 0. The average Bonchev–Trinajstić information content (AvgIpc) is 2.42. The van der Waals surface area contributed by atoms with E-state index in [-0.39, 0.29) is 0 Å². The molecular weight excluding hydrogens is 312 g/mol. The first-order valence-corrected chi connectivity index (χ1v) is 7.79. The number of benzene rings is 2. The molecular formula is C18H21BrO. The second-order valence-corrected chi connectivity index (χ2v) is 6.50. The van der Waals surface area contributed by atoms with Crippen LogP contribution >= 0.6 is 15.9 Å². The molecule has 0 aliphatic carbocycles. The normalized spacial score (nSPS) is 12.7. The summed E-state index contributed by atoms with van der Waals surface area (Å²) in [6.45, 7) is 6.42. The minimum Gasteiger partial charge on any atom is -0.388 e. The largest absolute Gasteiger partial charge is 0.388 e. The second kappa shape index (κ2) is 6.55. The molecule has 106 valence electrons. The third-order valence-electron chi connectivity index (χ3n) is 3.59. The summed E-state index contributed by atoms with van der Waals surface area (Å²) in [7, 11) is 0. The maximum atomic E-state index is 10.4. The van der Waals surface area contributed by atoms with Crippen LogP contribution in [0.3, 0.4) is 0 Å². The molecule has 0 aromatic heterocycles. The van der Waals surface area contributed by atoms with E-state index >= 15 is 0 Å². The van der Waals surface area contributed by atoms with Gasteiger partial charge in [-0.25, -0.2) is 0 Å². The molecule has 2 aromatic carbocycles. The first-order chi connectivity index (χ1) is 9.47. The molecule has 0 aliphatic rings. The summed E-state index contributed by atoms with van der Waals surface area (Å²) < 4.78 is 0.967. The molecule has 0 heterocycles. The highest BCUT2D eigenvalue weighted by Crippen LogP contribution is 2.27. The van der Waals surface area contributed by atoms with Crippen molar-refractivity contribution in [1.29, 1.82) is 0 Å². The van der Waals surface area contributed by atoms with Crippen molar-refractivity contribution in [2.75, 3.05) is 0 Å². The molecule has 0 amide bonds. The lowest BCUT2D eigenvalue weighted by molar-refractivity contribution is 0.177. The fourth-order valence-electron chi connectivity index (χ4n) is 2.29. The molecule has 0 bridgehead atoms. The third-order valence-corrected chi connectivity index (χ3v) is 4.31. The monoisotopic (exact) mass is 332 g/mol. The van der Waals surface area contributed by atoms with Gasteiger partial charge in [0, 0.05) is 10.9 Å². The van der Waals surface area contributed by atoms with Gasteiger partial charge in [-0.3, -0.25) is 0 Å². The van der Waals surface area contributed by atoms with Crippen molar-refractivity contribution in [3.63, 3.8) is 0 Å². The predicted octanol–water partition coefficient (Wildman–Crippen LogP) is 5.16. The van der Waals surface area contributed by atoms with Crippen LogP contribution in [0.5, 0.6) is 0 Å². The van der Waals surface area contributed by atoms with E-state index in [0.29, 0.717) is 12.3 Å². The van der Waals surface area contributed by atoms with Crippen LogP contribution in [0.2, 0.25) is 0 Å². The molecule has 0 saturated carbocycles. The first-order valence-electron chi connectivity index (χ1n) is 7.00. The van der Waals surface area contributed by atoms with E-state index < -0.39 is 6.10 Å². The van der Waals surface area contributed by atoms with Gasteiger partial charge in [0.15, 0.2) is 0 Å². The van der Waals surface area contributed by atoms with Gasteiger partial charge in [0.25, 0.3) is 0 Å². The highest BCUT2D eigenvalue weighted by atomic mass is 79.9. The smallest absolute Gasteiger partial charge is 0.0841 e. The van der Waals surface area contributed by atoms with Crippen LogP contribution in [0.25, 0.3) is 0 Å². The summed E-state index contributed by atoms with van der Waals surface area (Å²) in [5.74, 6) is 0.542. The highest BCUT2D eigenvalue weighted by molar-refractivity contribution is 9.10. The lowest BCUT2D eigenvalue weighted by atomic mass is 9.97. The van der Waals surface area contributed by atoms with Crippen LogP contribution in [0.15, 0.2) is 46.9 Å². The first kappa shape index (κ1) is 15.3. The zero-order chi connectivity index (χ0) is 14.7. The van der Waals surface area contributed by atoms with Crippen molar-refractivity contribution in [2.45, 2.75) is 39.2 Å². The van der Waals surface area contributed by atoms with Crippen LogP contribution < -0.4 is 0 Å². The minimum absolute atomic E-state index is 0.478. The van der Waals surface area contributed by atoms with Crippen LogP contribution in [-0.4, -0.2) is 5.11 Å². The number of rotatable bonds is 4. The Kier molecular flexibility index (Phi) is 5.00. The number of aliphatic hydroxyl groups is 1. The van der Waals surface area contributed by atoms with E-state index in [2.05, 4.69) is 54.0 Å². The lowest BCUT2D eigenvalue weighted by Gasteiger charge is -2.14. The quantitative estimate of drug-likeness (QED) is 0.820. The zero-order valence-corrected chi connectivity index (χ0v) is 13.8. The van der Waals surface area contributed by atoms with E-state index in [1.54, 1.807) is 0 Å². The topological polar surface area (TPSA) is 20.2 Å². The van der Waals surface area contributed by atoms with Crippen LogP contribution in [-0.2, 0) is 6.42 Å². The average molecular weight is 333 g/mol. The van der Waals surface area contributed by atoms with Crippen molar-refractivity contribution in [3.05, 3.63) is 69.2 Å². The van der Waals surface area contributed by atoms with E-state index in [1.807, 2.05) is 25.1 Å². The van der Waals surface area contributed by atoms with Gasteiger partial charge in [0.2, 0.25) is 0 Å². The summed E-state index contributed by atoms with van der Waals surface area (Å²) >= 11 is 3.52. The van der Waals surface area contributed by atoms with Crippen LogP contribution in [0.1, 0.15) is 48.1 Å². The number of aliphatic hydroxyl groups excluding tert-OH is 1. The summed E-state index contributed by atoms with van der Waals surface area (Å²) in [5.41, 5.74) is 4.62. The van der Waals surface area contributed by atoms with Gasteiger partial charge < -0.3 is 5.11 Å². The number of hydrogen-bond acceptors (Lipinski definition) is 1. The molecule has 1 N–H and O–H groups in total. The summed E-state index contributed by atoms with van der Waals surface area (Å²) in [6.07, 6.45) is 0.162. The Hall–Kier alpha value is -1.12. The number of aryl methyl sites for hydroxylation is 1. The zero-order valence-electron chi connectivity index (χ0n) is 12.2. The van der Waals surface area contributed by atoms with Crippen molar-refractivity contribution < 1.29 is 5.11 Å². The fraction of sp³-hybridized carbons (Fsp3) is 0.333. The van der Waals surface area contributed by atoms with E-state index in [1.165, 1.54) is 5.56 Å². The van der Waals surface area contributed by atoms with Gasteiger partial charge >= 0.3 is 0 Å². The Morgan fingerprint density at radius 3 is 2.30 bits per heavy atom. The SMILES string of the molecule is Cc1ccc(Br)c(C(O)Cc2ccc(C(C)C)cc2)c1. The van der Waals surface area contributed by atoms with Crippen molar-refractivity contribution >= 4 is 15.9 Å². The van der Waals surface area contributed by atoms with Crippen molar-refractivity contribution in [1.82, 2.24) is 0 Å². The summed E-state index contributed by atoms with van der Waals surface area (Å²) in [5, 5.41) is 10.4. The van der Waals surface area contributed by atoms with Gasteiger partial charge in [-0.2, -0.15) is 0 Å². The predicted molar refractivity (Wildman–Crippen MR) is 88.1 cm³/mol. The fourth-order valence-corrected chi connectivity index (χ4v) is 2.80. The Morgan fingerprint density at radius 1 is 1.05 bits per heavy atom. The van der Waals surface area contributed by atoms with Crippen molar-refractivity contribution in [3.8, 4) is 0 Å². The molecule has 0 spiro atoms. The molecule has 0 saturated heterocycles. The Balaban J connectivity index is 2.14. The third kappa shape index (κ3) is 3.71. The Morgan fingerprint density at radius 2 is 1.70 bits per heavy atom. The molecule has 2 rings (SSSR count). The standard InChI is InChI=1S/C18H21BrO/c1-12(2)15-7-5-14(6-8-15)11-18(20)16-10-13(3)4-9-17(16)19/h4-10,12,18,20H,11H2,1-3H3. The molecule has 20 heavy (non-hydrogen) atoms. The molecule has 1 unspecified atom stereocenters. The molecule has 0 fully saturated rings. The van der Waals surface area contributed by atoms with Gasteiger partial charge in [0.05, 0.1) is 6.10 Å². The Labute approximate surface area is 129 Å². The molecule has 1 nitrogen and oxygen atoms in total. The molecule has 0 radical (unpaired) electrons. The molecule has 2 heteroatoms. The van der Waals surface area contributed by atoms with Gasteiger partial charge in [0.1, 0.15) is 0 Å². The van der Waals surface area contributed by atoms with Crippen LogP contribution in [0.4, 0.5) is 0 Å². The molecule has 1 atom stereocenters. The summed E-state index contributed by atoms with van der Waals surface area (Å²) in [6, 6.07) is 14.6. The minimum atomic E-state index is -0.478. The van der Waals surface area contributed by atoms with E-state index in [0.717, 1.165) is 21.2 Å². The highest BCUT2D eigenvalue weighted by Gasteiger charge is 2.12. The molecule has 2 aromatic rings. The van der Waals surface area contributed by atoms with Crippen molar-refractivity contribution in [2.24, 2.45) is 0 Å². The Bertz CT molecular complexity index is 572. The van der Waals surface area contributed by atoms with E-state index in [4.69, 9.17) is 0 Å². The van der Waals surface area contributed by atoms with Gasteiger partial charge in [-0.15, -0.1) is 0 Å². The maximum Gasteiger partial charge on any atom is 0.0841 e. The maximum absolute atomic E-state index is 10.4. The van der Waals surface area contributed by atoms with E-state index in [9.17, 15) is 5.11 Å². The van der Waals surface area contributed by atoms with Gasteiger partial charge in [-0.05, 0) is 35.6 Å². The molecule has 0 aliphatic heterocycles. The van der Waals surface area contributed by atoms with Gasteiger partial charge in [-0.1, -0.05) is 71.7 Å².